The van der Waals surface area contributed by atoms with Gasteiger partial charge in [0.15, 0.2) is 9.84 Å². The minimum absolute atomic E-state index is 0.104. The Kier molecular flexibility index (Phi) is 6.68. The van der Waals surface area contributed by atoms with E-state index >= 15 is 0 Å². The first-order valence-electron chi connectivity index (χ1n) is 8.02. The maximum atomic E-state index is 12.6. The third-order valence-corrected chi connectivity index (χ3v) is 7.43. The molecule has 0 fully saturated rings. The van der Waals surface area contributed by atoms with Gasteiger partial charge in [-0.1, -0.05) is 37.3 Å². The summed E-state index contributed by atoms with van der Waals surface area (Å²) in [7, 11) is -7.28. The van der Waals surface area contributed by atoms with Gasteiger partial charge in [-0.3, -0.25) is 4.79 Å². The fourth-order valence-electron chi connectivity index (χ4n) is 2.15. The molecule has 1 atom stereocenters. The average Bonchev–Trinajstić information content (AvgIpc) is 3.08. The van der Waals surface area contributed by atoms with Crippen molar-refractivity contribution in [2.24, 2.45) is 0 Å². The number of anilines is 1. The number of rotatable bonds is 8. The second kappa shape index (κ2) is 8.42. The van der Waals surface area contributed by atoms with Gasteiger partial charge >= 0.3 is 0 Å². The molecule has 2 rings (SSSR count). The summed E-state index contributed by atoms with van der Waals surface area (Å²) in [6.07, 6.45) is 1.78. The Hall–Kier alpha value is -1.89. The number of hydrogen-bond acceptors (Lipinski definition) is 8. The molecular weight excluding hydrogens is 412 g/mol. The quantitative estimate of drug-likeness (QED) is 0.606. The Morgan fingerprint density at radius 1 is 1.11 bits per heavy atom. The van der Waals surface area contributed by atoms with Crippen LogP contribution in [0, 0.1) is 0 Å². The van der Waals surface area contributed by atoms with Crippen molar-refractivity contribution in [3.05, 3.63) is 29.8 Å². The third-order valence-electron chi connectivity index (χ3n) is 3.62. The zero-order chi connectivity index (χ0) is 20.2. The highest BCUT2D eigenvalue weighted by Crippen LogP contribution is 2.25. The number of sulfone groups is 1. The summed E-state index contributed by atoms with van der Waals surface area (Å²) in [5.41, 5.74) is 0.623. The van der Waals surface area contributed by atoms with Gasteiger partial charge in [-0.25, -0.2) is 21.6 Å². The molecule has 1 heterocycles. The van der Waals surface area contributed by atoms with Crippen molar-refractivity contribution in [3.63, 3.8) is 0 Å². The number of sulfonamides is 1. The van der Waals surface area contributed by atoms with Crippen LogP contribution < -0.4 is 10.0 Å². The molecule has 0 bridgehead atoms. The van der Waals surface area contributed by atoms with Gasteiger partial charge in [0.2, 0.25) is 15.4 Å². The molecule has 0 radical (unpaired) electrons. The largest absolute Gasteiger partial charge is 0.301 e. The summed E-state index contributed by atoms with van der Waals surface area (Å²) >= 11 is 0.753. The highest BCUT2D eigenvalue weighted by molar-refractivity contribution is 7.91. The van der Waals surface area contributed by atoms with Crippen molar-refractivity contribution >= 4 is 42.2 Å². The number of hydrogen-bond donors (Lipinski definition) is 2. The fourth-order valence-corrected chi connectivity index (χ4v) is 5.02. The molecule has 148 valence electrons. The van der Waals surface area contributed by atoms with Gasteiger partial charge in [0.1, 0.15) is 0 Å². The predicted octanol–water partition coefficient (Wildman–Crippen LogP) is 1.72. The van der Waals surface area contributed by atoms with Crippen LogP contribution >= 0.6 is 11.3 Å². The van der Waals surface area contributed by atoms with Gasteiger partial charge < -0.3 is 5.32 Å². The Bertz CT molecular complexity index is 1010. The number of nitrogens with one attached hydrogen (secondary N) is 2. The smallest absolute Gasteiger partial charge is 0.270 e. The maximum Gasteiger partial charge on any atom is 0.270 e. The van der Waals surface area contributed by atoms with Crippen molar-refractivity contribution < 1.29 is 21.6 Å². The summed E-state index contributed by atoms with van der Waals surface area (Å²) in [5, 5.41) is 9.86. The zero-order valence-corrected chi connectivity index (χ0v) is 17.4. The fraction of sp³-hybridized carbons (Fsp3) is 0.400. The summed E-state index contributed by atoms with van der Waals surface area (Å²) < 4.78 is 50.5. The molecule has 0 aliphatic carbocycles. The molecule has 0 aliphatic rings. The highest BCUT2D eigenvalue weighted by atomic mass is 32.2. The van der Waals surface area contributed by atoms with E-state index in [-0.39, 0.29) is 26.7 Å². The maximum absolute atomic E-state index is 12.6. The molecular formula is C15H20N4O5S3. The van der Waals surface area contributed by atoms with E-state index in [1.54, 1.807) is 26.0 Å². The van der Waals surface area contributed by atoms with E-state index in [1.807, 2.05) is 0 Å². The molecule has 2 aromatic rings. The van der Waals surface area contributed by atoms with Crippen LogP contribution in [0.15, 0.2) is 33.5 Å². The number of carbonyl (C=O) groups is 1. The minimum Gasteiger partial charge on any atom is -0.301 e. The molecule has 0 saturated heterocycles. The van der Waals surface area contributed by atoms with E-state index in [0.29, 0.717) is 12.0 Å². The summed E-state index contributed by atoms with van der Waals surface area (Å²) in [4.78, 5) is 11.5. The van der Waals surface area contributed by atoms with Crippen LogP contribution in [0.1, 0.15) is 38.3 Å². The van der Waals surface area contributed by atoms with Crippen LogP contribution in [-0.2, 0) is 24.7 Å². The lowest BCUT2D eigenvalue weighted by Crippen LogP contribution is -2.28. The van der Waals surface area contributed by atoms with E-state index in [9.17, 15) is 21.6 Å². The lowest BCUT2D eigenvalue weighted by atomic mass is 10.1. The van der Waals surface area contributed by atoms with Crippen molar-refractivity contribution in [1.29, 1.82) is 0 Å². The van der Waals surface area contributed by atoms with Crippen molar-refractivity contribution in [2.75, 3.05) is 11.6 Å². The van der Waals surface area contributed by atoms with Crippen LogP contribution in [0.25, 0.3) is 0 Å². The van der Waals surface area contributed by atoms with E-state index in [1.165, 1.54) is 12.1 Å². The molecule has 1 unspecified atom stereocenters. The first-order chi connectivity index (χ1) is 12.6. The minimum atomic E-state index is -3.95. The SMILES string of the molecule is CCC(=O)Nc1nnc(S(=O)(=O)NC(CC)c2ccc(S(C)(=O)=O)cc2)s1. The van der Waals surface area contributed by atoms with Crippen LogP contribution in [0.2, 0.25) is 0 Å². The third kappa shape index (κ3) is 5.54. The number of carbonyl (C=O) groups excluding carboxylic acids is 1. The highest BCUT2D eigenvalue weighted by Gasteiger charge is 2.25. The zero-order valence-electron chi connectivity index (χ0n) is 15.0. The molecule has 1 aromatic carbocycles. The van der Waals surface area contributed by atoms with Crippen molar-refractivity contribution in [1.82, 2.24) is 14.9 Å². The van der Waals surface area contributed by atoms with E-state index in [0.717, 1.165) is 17.6 Å². The molecule has 27 heavy (non-hydrogen) atoms. The molecule has 9 nitrogen and oxygen atoms in total. The Balaban J connectivity index is 2.20. The van der Waals surface area contributed by atoms with Crippen LogP contribution in [0.4, 0.5) is 5.13 Å². The Morgan fingerprint density at radius 2 is 1.74 bits per heavy atom. The van der Waals surface area contributed by atoms with Crippen LogP contribution in [0.5, 0.6) is 0 Å². The van der Waals surface area contributed by atoms with Crippen molar-refractivity contribution in [3.8, 4) is 0 Å². The van der Waals surface area contributed by atoms with Gasteiger partial charge in [0.05, 0.1) is 4.90 Å². The Labute approximate surface area is 162 Å². The first-order valence-corrected chi connectivity index (χ1v) is 12.2. The first kappa shape index (κ1) is 21.4. The summed E-state index contributed by atoms with van der Waals surface area (Å²) in [6, 6.07) is 5.44. The topological polar surface area (TPSA) is 135 Å². The molecule has 0 saturated carbocycles. The number of amides is 1. The molecule has 1 amide bonds. The van der Waals surface area contributed by atoms with Crippen LogP contribution in [0.3, 0.4) is 0 Å². The van der Waals surface area contributed by atoms with Crippen molar-refractivity contribution in [2.45, 2.75) is 42.0 Å². The lowest BCUT2D eigenvalue weighted by Gasteiger charge is -2.16. The normalized spacial score (nSPS) is 13.3. The van der Waals surface area contributed by atoms with Gasteiger partial charge in [0.25, 0.3) is 10.0 Å². The van der Waals surface area contributed by atoms with Gasteiger partial charge in [0, 0.05) is 18.7 Å². The second-order valence-corrected chi connectivity index (χ2v) is 10.6. The van der Waals surface area contributed by atoms with Gasteiger partial charge in [-0.15, -0.1) is 10.2 Å². The van der Waals surface area contributed by atoms with Gasteiger partial charge in [-0.2, -0.15) is 0 Å². The number of benzene rings is 1. The second-order valence-electron chi connectivity index (χ2n) is 5.70. The molecule has 12 heteroatoms. The molecule has 2 N–H and O–H groups in total. The van der Waals surface area contributed by atoms with E-state index in [2.05, 4.69) is 20.2 Å². The number of nitrogens with zero attached hydrogens (tertiary/aromatic N) is 2. The van der Waals surface area contributed by atoms with Gasteiger partial charge in [-0.05, 0) is 24.1 Å². The lowest BCUT2D eigenvalue weighted by molar-refractivity contribution is -0.115. The summed E-state index contributed by atoms with van der Waals surface area (Å²) in [6.45, 7) is 3.46. The molecule has 1 aromatic heterocycles. The predicted molar refractivity (Wildman–Crippen MR) is 102 cm³/mol. The average molecular weight is 433 g/mol. The molecule has 0 spiro atoms. The Morgan fingerprint density at radius 3 is 2.26 bits per heavy atom. The number of aromatic nitrogens is 2. The standard InChI is InChI=1S/C15H20N4O5S3/c1-4-12(10-6-8-11(9-7-10)26(3,21)22)19-27(23,24)15-18-17-14(25-15)16-13(20)5-2/h6-9,12,19H,4-5H2,1-3H3,(H,16,17,20). The monoisotopic (exact) mass is 432 g/mol. The molecule has 0 aliphatic heterocycles. The van der Waals surface area contributed by atoms with E-state index < -0.39 is 25.9 Å². The van der Waals surface area contributed by atoms with E-state index in [4.69, 9.17) is 0 Å². The summed E-state index contributed by atoms with van der Waals surface area (Å²) in [5.74, 6) is -0.291. The van der Waals surface area contributed by atoms with Crippen LogP contribution in [-0.4, -0.2) is 39.2 Å².